The van der Waals surface area contributed by atoms with Crippen LogP contribution in [-0.2, 0) is 5.88 Å². The molecule has 3 aromatic rings. The normalized spacial score (nSPS) is 10.7. The van der Waals surface area contributed by atoms with Crippen LogP contribution in [0.3, 0.4) is 0 Å². The average Bonchev–Trinajstić information content (AvgIpc) is 2.93. The molecule has 0 unspecified atom stereocenters. The molecule has 3 rings (SSSR count). The van der Waals surface area contributed by atoms with E-state index in [0.29, 0.717) is 16.7 Å². The standard InChI is InChI=1S/C15H11Cl2N3/c16-10-14-18-19-15(11-4-2-1-3-5-11)20(14)13-8-6-12(17)7-9-13/h1-9H,10H2. The van der Waals surface area contributed by atoms with Gasteiger partial charge in [0, 0.05) is 16.3 Å². The van der Waals surface area contributed by atoms with Gasteiger partial charge >= 0.3 is 0 Å². The van der Waals surface area contributed by atoms with E-state index in [1.165, 1.54) is 0 Å². The van der Waals surface area contributed by atoms with Crippen molar-refractivity contribution in [1.82, 2.24) is 14.8 Å². The lowest BCUT2D eigenvalue weighted by Gasteiger charge is -2.09. The highest BCUT2D eigenvalue weighted by Crippen LogP contribution is 2.24. The summed E-state index contributed by atoms with van der Waals surface area (Å²) in [5, 5.41) is 9.10. The molecule has 5 heteroatoms. The van der Waals surface area contributed by atoms with Gasteiger partial charge in [0.05, 0.1) is 5.88 Å². The Labute approximate surface area is 126 Å². The molecular weight excluding hydrogens is 293 g/mol. The summed E-state index contributed by atoms with van der Waals surface area (Å²) in [5.41, 5.74) is 1.93. The van der Waals surface area contributed by atoms with Gasteiger partial charge in [-0.2, -0.15) is 0 Å². The number of alkyl halides is 1. The third-order valence-corrected chi connectivity index (χ3v) is 3.46. The van der Waals surface area contributed by atoms with Crippen molar-refractivity contribution in [3.8, 4) is 17.1 Å². The summed E-state index contributed by atoms with van der Waals surface area (Å²) >= 11 is 11.9. The fourth-order valence-electron chi connectivity index (χ4n) is 2.04. The molecule has 0 amide bonds. The Morgan fingerprint density at radius 1 is 0.900 bits per heavy atom. The highest BCUT2D eigenvalue weighted by atomic mass is 35.5. The lowest BCUT2D eigenvalue weighted by molar-refractivity contribution is 0.953. The van der Waals surface area contributed by atoms with Gasteiger partial charge in [0.2, 0.25) is 0 Å². The number of nitrogens with zero attached hydrogens (tertiary/aromatic N) is 3. The summed E-state index contributed by atoms with van der Waals surface area (Å²) in [6.07, 6.45) is 0. The van der Waals surface area contributed by atoms with Crippen LogP contribution in [0.4, 0.5) is 0 Å². The largest absolute Gasteiger partial charge is 0.278 e. The number of hydrogen-bond acceptors (Lipinski definition) is 2. The van der Waals surface area contributed by atoms with Crippen molar-refractivity contribution in [2.75, 3.05) is 0 Å². The van der Waals surface area contributed by atoms with Gasteiger partial charge in [0.1, 0.15) is 0 Å². The minimum absolute atomic E-state index is 0.294. The molecule has 0 aliphatic carbocycles. The Morgan fingerprint density at radius 3 is 2.25 bits per heavy atom. The van der Waals surface area contributed by atoms with E-state index in [0.717, 1.165) is 17.1 Å². The first-order chi connectivity index (χ1) is 9.79. The van der Waals surface area contributed by atoms with Crippen LogP contribution in [0, 0.1) is 0 Å². The van der Waals surface area contributed by atoms with Gasteiger partial charge < -0.3 is 0 Å². The van der Waals surface area contributed by atoms with Crippen LogP contribution in [0.15, 0.2) is 54.6 Å². The Hall–Kier alpha value is -1.84. The molecule has 2 aromatic carbocycles. The second kappa shape index (κ2) is 5.65. The number of hydrogen-bond donors (Lipinski definition) is 0. The van der Waals surface area contributed by atoms with E-state index in [1.54, 1.807) is 0 Å². The molecule has 0 aliphatic rings. The molecule has 3 nitrogen and oxygen atoms in total. The fourth-order valence-corrected chi connectivity index (χ4v) is 2.34. The maximum absolute atomic E-state index is 5.96. The first-order valence-electron chi connectivity index (χ1n) is 6.11. The number of benzene rings is 2. The summed E-state index contributed by atoms with van der Waals surface area (Å²) in [5.74, 6) is 1.76. The molecule has 1 aromatic heterocycles. The highest BCUT2D eigenvalue weighted by molar-refractivity contribution is 6.30. The monoisotopic (exact) mass is 303 g/mol. The zero-order chi connectivity index (χ0) is 13.9. The Bertz CT molecular complexity index is 706. The second-order valence-corrected chi connectivity index (χ2v) is 4.96. The van der Waals surface area contributed by atoms with Crippen LogP contribution >= 0.6 is 23.2 Å². The molecule has 0 N–H and O–H groups in total. The summed E-state index contributed by atoms with van der Waals surface area (Å²) in [4.78, 5) is 0. The molecule has 0 saturated carbocycles. The van der Waals surface area contributed by atoms with Crippen LogP contribution in [-0.4, -0.2) is 14.8 Å². The molecule has 20 heavy (non-hydrogen) atoms. The smallest absolute Gasteiger partial charge is 0.168 e. The lowest BCUT2D eigenvalue weighted by Crippen LogP contribution is -2.01. The maximum Gasteiger partial charge on any atom is 0.168 e. The van der Waals surface area contributed by atoms with E-state index < -0.39 is 0 Å². The van der Waals surface area contributed by atoms with E-state index in [9.17, 15) is 0 Å². The van der Waals surface area contributed by atoms with Gasteiger partial charge in [0.15, 0.2) is 11.6 Å². The van der Waals surface area contributed by atoms with E-state index >= 15 is 0 Å². The highest BCUT2D eigenvalue weighted by Gasteiger charge is 2.14. The van der Waals surface area contributed by atoms with Gasteiger partial charge in [0.25, 0.3) is 0 Å². The third kappa shape index (κ3) is 2.42. The van der Waals surface area contributed by atoms with Crippen molar-refractivity contribution in [2.24, 2.45) is 0 Å². The summed E-state index contributed by atoms with van der Waals surface area (Å²) in [7, 11) is 0. The molecule has 0 spiro atoms. The van der Waals surface area contributed by atoms with Crippen molar-refractivity contribution >= 4 is 23.2 Å². The predicted octanol–water partition coefficient (Wildman–Crippen LogP) is 4.33. The Kier molecular flexibility index (Phi) is 3.72. The number of aromatic nitrogens is 3. The van der Waals surface area contributed by atoms with Crippen molar-refractivity contribution in [2.45, 2.75) is 5.88 Å². The van der Waals surface area contributed by atoms with E-state index in [-0.39, 0.29) is 0 Å². The molecular formula is C15H11Cl2N3. The van der Waals surface area contributed by atoms with Gasteiger partial charge in [-0.3, -0.25) is 4.57 Å². The second-order valence-electron chi connectivity index (χ2n) is 4.25. The van der Waals surface area contributed by atoms with Crippen LogP contribution in [0.2, 0.25) is 5.02 Å². The number of halogens is 2. The van der Waals surface area contributed by atoms with Crippen molar-refractivity contribution in [3.05, 3.63) is 65.4 Å². The molecule has 0 radical (unpaired) electrons. The summed E-state index contributed by atoms with van der Waals surface area (Å²) in [6, 6.07) is 17.4. The molecule has 100 valence electrons. The van der Waals surface area contributed by atoms with Crippen LogP contribution in [0.5, 0.6) is 0 Å². The fraction of sp³-hybridized carbons (Fsp3) is 0.0667. The van der Waals surface area contributed by atoms with Gasteiger partial charge in [-0.1, -0.05) is 41.9 Å². The first-order valence-corrected chi connectivity index (χ1v) is 7.02. The predicted molar refractivity (Wildman–Crippen MR) is 81.4 cm³/mol. The van der Waals surface area contributed by atoms with Gasteiger partial charge in [-0.15, -0.1) is 21.8 Å². The van der Waals surface area contributed by atoms with Crippen molar-refractivity contribution in [1.29, 1.82) is 0 Å². The molecule has 0 fully saturated rings. The first kappa shape index (κ1) is 13.2. The topological polar surface area (TPSA) is 30.7 Å². The lowest BCUT2D eigenvalue weighted by atomic mass is 10.2. The quantitative estimate of drug-likeness (QED) is 0.674. The van der Waals surface area contributed by atoms with E-state index in [2.05, 4.69) is 10.2 Å². The SMILES string of the molecule is ClCc1nnc(-c2ccccc2)n1-c1ccc(Cl)cc1. The zero-order valence-electron chi connectivity index (χ0n) is 10.5. The zero-order valence-corrected chi connectivity index (χ0v) is 12.0. The van der Waals surface area contributed by atoms with Crippen molar-refractivity contribution in [3.63, 3.8) is 0 Å². The van der Waals surface area contributed by atoms with Gasteiger partial charge in [-0.25, -0.2) is 0 Å². The average molecular weight is 304 g/mol. The summed E-state index contributed by atoms with van der Waals surface area (Å²) in [6.45, 7) is 0. The minimum atomic E-state index is 0.294. The summed E-state index contributed by atoms with van der Waals surface area (Å²) < 4.78 is 1.94. The Morgan fingerprint density at radius 2 is 1.60 bits per heavy atom. The van der Waals surface area contributed by atoms with E-state index in [1.807, 2.05) is 59.2 Å². The van der Waals surface area contributed by atoms with Crippen LogP contribution < -0.4 is 0 Å². The molecule has 1 heterocycles. The maximum atomic E-state index is 5.96. The van der Waals surface area contributed by atoms with Crippen LogP contribution in [0.25, 0.3) is 17.1 Å². The molecule has 0 atom stereocenters. The third-order valence-electron chi connectivity index (χ3n) is 2.97. The number of rotatable bonds is 3. The van der Waals surface area contributed by atoms with E-state index in [4.69, 9.17) is 23.2 Å². The minimum Gasteiger partial charge on any atom is -0.278 e. The van der Waals surface area contributed by atoms with Crippen LogP contribution in [0.1, 0.15) is 5.82 Å². The van der Waals surface area contributed by atoms with Gasteiger partial charge in [-0.05, 0) is 24.3 Å². The Balaban J connectivity index is 2.18. The molecule has 0 aliphatic heterocycles. The molecule has 0 bridgehead atoms. The molecule has 0 saturated heterocycles. The van der Waals surface area contributed by atoms with Crippen molar-refractivity contribution < 1.29 is 0 Å².